The molecular formula is C23H23N5O4. The number of aromatic nitrogens is 2. The molecule has 0 bridgehead atoms. The zero-order valence-electron chi connectivity index (χ0n) is 17.6. The highest BCUT2D eigenvalue weighted by Crippen LogP contribution is 2.25. The summed E-state index contributed by atoms with van der Waals surface area (Å²) in [7, 11) is 1.63. The first kappa shape index (κ1) is 21.2. The second-order valence-electron chi connectivity index (χ2n) is 7.58. The van der Waals surface area contributed by atoms with E-state index in [0.717, 1.165) is 42.2 Å². The van der Waals surface area contributed by atoms with Crippen molar-refractivity contribution in [1.29, 1.82) is 0 Å². The summed E-state index contributed by atoms with van der Waals surface area (Å²) in [5, 5.41) is 22.4. The third-order valence-electron chi connectivity index (χ3n) is 5.50. The molecule has 3 aromatic rings. The van der Waals surface area contributed by atoms with Crippen LogP contribution in [0, 0.1) is 16.0 Å². The SMILES string of the molecule is COc1ccc(-c2ccc(N3CCCC(C(=O)Nc4ccc([N+](=O)[O-])cc4)C3)nn2)cc1. The summed E-state index contributed by atoms with van der Waals surface area (Å²) in [5.74, 6) is 1.20. The molecule has 2 aromatic carbocycles. The number of nitro groups is 1. The van der Waals surface area contributed by atoms with E-state index in [-0.39, 0.29) is 17.5 Å². The third-order valence-corrected chi connectivity index (χ3v) is 5.50. The standard InChI is InChI=1S/C23H23N5O4/c1-32-20-10-4-16(5-11-20)21-12-13-22(26-25-21)27-14-2-3-17(15-27)23(29)24-18-6-8-19(9-7-18)28(30)31/h4-13,17H,2-3,14-15H2,1H3,(H,24,29). The van der Waals surface area contributed by atoms with Crippen LogP contribution in [0.15, 0.2) is 60.7 Å². The summed E-state index contributed by atoms with van der Waals surface area (Å²) in [6.45, 7) is 1.34. The number of non-ortho nitro benzene ring substituents is 1. The van der Waals surface area contributed by atoms with Crippen LogP contribution in [0.1, 0.15) is 12.8 Å². The second kappa shape index (κ2) is 9.42. The fourth-order valence-electron chi connectivity index (χ4n) is 3.72. The first-order valence-electron chi connectivity index (χ1n) is 10.3. The number of carbonyl (C=O) groups excluding carboxylic acids is 1. The van der Waals surface area contributed by atoms with Crippen molar-refractivity contribution in [2.75, 3.05) is 30.4 Å². The Morgan fingerprint density at radius 3 is 2.47 bits per heavy atom. The number of ether oxygens (including phenoxy) is 1. The molecule has 9 heteroatoms. The van der Waals surface area contributed by atoms with E-state index in [1.54, 1.807) is 19.2 Å². The van der Waals surface area contributed by atoms with Crippen molar-refractivity contribution in [3.63, 3.8) is 0 Å². The van der Waals surface area contributed by atoms with Crippen molar-refractivity contribution in [3.05, 3.63) is 70.8 Å². The van der Waals surface area contributed by atoms with Gasteiger partial charge in [0.1, 0.15) is 5.75 Å². The van der Waals surface area contributed by atoms with Gasteiger partial charge in [-0.1, -0.05) is 0 Å². The van der Waals surface area contributed by atoms with E-state index in [0.29, 0.717) is 12.2 Å². The second-order valence-corrected chi connectivity index (χ2v) is 7.58. The molecule has 0 aliphatic carbocycles. The summed E-state index contributed by atoms with van der Waals surface area (Å²) in [6, 6.07) is 17.3. The third kappa shape index (κ3) is 4.83. The summed E-state index contributed by atoms with van der Waals surface area (Å²) in [4.78, 5) is 25.1. The molecule has 9 nitrogen and oxygen atoms in total. The number of carbonyl (C=O) groups is 1. The summed E-state index contributed by atoms with van der Waals surface area (Å²) in [5.41, 5.74) is 2.24. The maximum atomic E-state index is 12.7. The average Bonchev–Trinajstić information content (AvgIpc) is 2.84. The van der Waals surface area contributed by atoms with Crippen LogP contribution in [-0.2, 0) is 4.79 Å². The number of nitrogens with zero attached hydrogens (tertiary/aromatic N) is 4. The minimum absolute atomic E-state index is 0.0106. The number of amides is 1. The highest BCUT2D eigenvalue weighted by atomic mass is 16.6. The van der Waals surface area contributed by atoms with Gasteiger partial charge >= 0.3 is 0 Å². The number of hydrogen-bond donors (Lipinski definition) is 1. The van der Waals surface area contributed by atoms with Gasteiger partial charge in [0, 0.05) is 36.5 Å². The number of hydrogen-bond acceptors (Lipinski definition) is 7. The van der Waals surface area contributed by atoms with Crippen LogP contribution in [0.25, 0.3) is 11.3 Å². The van der Waals surface area contributed by atoms with E-state index in [1.807, 2.05) is 36.4 Å². The Morgan fingerprint density at radius 2 is 1.84 bits per heavy atom. The molecule has 2 heterocycles. The smallest absolute Gasteiger partial charge is 0.269 e. The average molecular weight is 433 g/mol. The number of benzene rings is 2. The maximum Gasteiger partial charge on any atom is 0.269 e. The number of methoxy groups -OCH3 is 1. The molecule has 1 fully saturated rings. The van der Waals surface area contributed by atoms with Crippen molar-refractivity contribution in [1.82, 2.24) is 10.2 Å². The van der Waals surface area contributed by atoms with Crippen molar-refractivity contribution in [3.8, 4) is 17.0 Å². The van der Waals surface area contributed by atoms with Crippen molar-refractivity contribution in [2.24, 2.45) is 5.92 Å². The monoisotopic (exact) mass is 433 g/mol. The van der Waals surface area contributed by atoms with Crippen LogP contribution in [-0.4, -0.2) is 41.2 Å². The highest BCUT2D eigenvalue weighted by Gasteiger charge is 2.27. The molecule has 4 rings (SSSR count). The van der Waals surface area contributed by atoms with Crippen molar-refractivity contribution < 1.29 is 14.5 Å². The Bertz CT molecular complexity index is 1080. The van der Waals surface area contributed by atoms with Gasteiger partial charge in [-0.25, -0.2) is 0 Å². The molecule has 164 valence electrons. The fourth-order valence-corrected chi connectivity index (χ4v) is 3.72. The lowest BCUT2D eigenvalue weighted by molar-refractivity contribution is -0.384. The summed E-state index contributed by atoms with van der Waals surface area (Å²) >= 11 is 0. The largest absolute Gasteiger partial charge is 0.497 e. The molecule has 1 aliphatic heterocycles. The molecule has 1 amide bonds. The lowest BCUT2D eigenvalue weighted by atomic mass is 9.97. The molecule has 0 saturated carbocycles. The molecule has 1 aromatic heterocycles. The van der Waals surface area contributed by atoms with Crippen molar-refractivity contribution in [2.45, 2.75) is 12.8 Å². The Balaban J connectivity index is 1.39. The van der Waals surface area contributed by atoms with E-state index < -0.39 is 4.92 Å². The van der Waals surface area contributed by atoms with E-state index >= 15 is 0 Å². The highest BCUT2D eigenvalue weighted by molar-refractivity contribution is 5.93. The quantitative estimate of drug-likeness (QED) is 0.463. The van der Waals surface area contributed by atoms with E-state index in [9.17, 15) is 14.9 Å². The molecule has 0 spiro atoms. The van der Waals surface area contributed by atoms with Gasteiger partial charge in [0.05, 0.1) is 23.6 Å². The summed E-state index contributed by atoms with van der Waals surface area (Å²) < 4.78 is 5.18. The first-order chi connectivity index (χ1) is 15.5. The van der Waals surface area contributed by atoms with Crippen LogP contribution in [0.3, 0.4) is 0 Å². The number of rotatable bonds is 6. The zero-order chi connectivity index (χ0) is 22.5. The topological polar surface area (TPSA) is 110 Å². The Morgan fingerprint density at radius 1 is 1.09 bits per heavy atom. The summed E-state index contributed by atoms with van der Waals surface area (Å²) in [6.07, 6.45) is 1.63. The van der Waals surface area contributed by atoms with Crippen LogP contribution >= 0.6 is 0 Å². The van der Waals surface area contributed by atoms with Gasteiger partial charge in [0.2, 0.25) is 5.91 Å². The Labute approximate surface area is 185 Å². The molecule has 1 atom stereocenters. The van der Waals surface area contributed by atoms with Gasteiger partial charge < -0.3 is 15.0 Å². The molecule has 0 radical (unpaired) electrons. The van der Waals surface area contributed by atoms with Crippen LogP contribution in [0.5, 0.6) is 5.75 Å². The van der Waals surface area contributed by atoms with Gasteiger partial charge in [-0.05, 0) is 61.4 Å². The van der Waals surface area contributed by atoms with Gasteiger partial charge in [-0.2, -0.15) is 0 Å². The molecule has 1 unspecified atom stereocenters. The zero-order valence-corrected chi connectivity index (χ0v) is 17.6. The molecule has 1 aliphatic rings. The minimum atomic E-state index is -0.467. The normalized spacial score (nSPS) is 15.8. The lowest BCUT2D eigenvalue weighted by Gasteiger charge is -2.32. The Kier molecular flexibility index (Phi) is 6.25. The first-order valence-corrected chi connectivity index (χ1v) is 10.3. The van der Waals surface area contributed by atoms with Gasteiger partial charge in [0.25, 0.3) is 5.69 Å². The fraction of sp³-hybridized carbons (Fsp3) is 0.261. The number of nitro benzene ring substituents is 1. The Hall–Kier alpha value is -4.01. The van der Waals surface area contributed by atoms with Crippen LogP contribution < -0.4 is 15.0 Å². The number of piperidine rings is 1. The minimum Gasteiger partial charge on any atom is -0.497 e. The molecule has 32 heavy (non-hydrogen) atoms. The number of nitrogens with one attached hydrogen (secondary N) is 1. The lowest BCUT2D eigenvalue weighted by Crippen LogP contribution is -2.41. The molecule has 1 N–H and O–H groups in total. The van der Waals surface area contributed by atoms with E-state index in [4.69, 9.17) is 4.74 Å². The molecular weight excluding hydrogens is 410 g/mol. The predicted molar refractivity (Wildman–Crippen MR) is 121 cm³/mol. The van der Waals surface area contributed by atoms with Crippen molar-refractivity contribution >= 4 is 23.1 Å². The van der Waals surface area contributed by atoms with E-state index in [2.05, 4.69) is 20.4 Å². The predicted octanol–water partition coefficient (Wildman–Crippen LogP) is 3.92. The van der Waals surface area contributed by atoms with Crippen LogP contribution in [0.2, 0.25) is 0 Å². The van der Waals surface area contributed by atoms with Gasteiger partial charge in [-0.3, -0.25) is 14.9 Å². The number of anilines is 2. The maximum absolute atomic E-state index is 12.7. The van der Waals surface area contributed by atoms with E-state index in [1.165, 1.54) is 12.1 Å². The van der Waals surface area contributed by atoms with Gasteiger partial charge in [-0.15, -0.1) is 10.2 Å². The van der Waals surface area contributed by atoms with Gasteiger partial charge in [0.15, 0.2) is 5.82 Å². The van der Waals surface area contributed by atoms with Crippen LogP contribution in [0.4, 0.5) is 17.2 Å². The molecule has 1 saturated heterocycles.